The average Bonchev–Trinajstić information content (AvgIpc) is 2.78. The van der Waals surface area contributed by atoms with Crippen LogP contribution in [0.2, 0.25) is 0 Å². The Kier molecular flexibility index (Phi) is 5.06. The van der Waals surface area contributed by atoms with E-state index in [1.165, 1.54) is 0 Å². The number of carbonyl (C=O) groups is 2. The topological polar surface area (TPSA) is 59.5 Å². The zero-order valence-electron chi connectivity index (χ0n) is 15.8. The number of fused-ring (bicyclic) bond motifs is 1. The fraction of sp³-hybridized carbons (Fsp3) is 0.261. The third-order valence-electron chi connectivity index (χ3n) is 5.40. The van der Waals surface area contributed by atoms with Gasteiger partial charge in [-0.05, 0) is 48.6 Å². The van der Waals surface area contributed by atoms with Crippen LogP contribution in [0, 0.1) is 5.92 Å². The van der Waals surface area contributed by atoms with Gasteiger partial charge in [0, 0.05) is 36.2 Å². The molecule has 0 unspecified atom stereocenters. The summed E-state index contributed by atoms with van der Waals surface area (Å²) in [6.07, 6.45) is 3.01. The Morgan fingerprint density at radius 2 is 1.71 bits per heavy atom. The lowest BCUT2D eigenvalue weighted by Crippen LogP contribution is -2.40. The molecule has 0 radical (unpaired) electrons. The lowest BCUT2D eigenvalue weighted by Gasteiger charge is -2.31. The summed E-state index contributed by atoms with van der Waals surface area (Å²) in [5, 5.41) is 1.87. The first-order valence-electron chi connectivity index (χ1n) is 9.48. The first-order chi connectivity index (χ1) is 13.7. The minimum Gasteiger partial charge on any atom is -0.497 e. The summed E-state index contributed by atoms with van der Waals surface area (Å²) >= 11 is 0. The molecule has 1 fully saturated rings. The summed E-state index contributed by atoms with van der Waals surface area (Å²) in [5.41, 5.74) is 1.18. The summed E-state index contributed by atoms with van der Waals surface area (Å²) < 4.78 is 5.15. The summed E-state index contributed by atoms with van der Waals surface area (Å²) in [7, 11) is 1.61. The third kappa shape index (κ3) is 3.48. The maximum Gasteiger partial charge on any atom is 0.273 e. The van der Waals surface area contributed by atoms with Gasteiger partial charge in [-0.2, -0.15) is 0 Å². The number of ketones is 1. The number of piperidine rings is 1. The van der Waals surface area contributed by atoms with E-state index in [2.05, 4.69) is 4.98 Å². The molecule has 5 nitrogen and oxygen atoms in total. The number of methoxy groups -OCH3 is 1. The van der Waals surface area contributed by atoms with Crippen LogP contribution in [0.15, 0.2) is 60.8 Å². The Labute approximate surface area is 163 Å². The highest BCUT2D eigenvalue weighted by Gasteiger charge is 2.29. The third-order valence-corrected chi connectivity index (χ3v) is 5.40. The van der Waals surface area contributed by atoms with Crippen LogP contribution >= 0.6 is 0 Å². The predicted molar refractivity (Wildman–Crippen MR) is 108 cm³/mol. The number of rotatable bonds is 4. The summed E-state index contributed by atoms with van der Waals surface area (Å²) in [5.74, 6) is 0.752. The second-order valence-corrected chi connectivity index (χ2v) is 7.04. The molecule has 0 N–H and O–H groups in total. The Hall–Kier alpha value is -3.21. The zero-order chi connectivity index (χ0) is 19.5. The van der Waals surface area contributed by atoms with E-state index in [0.29, 0.717) is 37.2 Å². The van der Waals surface area contributed by atoms with Crippen molar-refractivity contribution in [3.63, 3.8) is 0 Å². The molecule has 1 aliphatic rings. The number of amides is 1. The van der Waals surface area contributed by atoms with Crippen molar-refractivity contribution in [3.8, 4) is 5.75 Å². The van der Waals surface area contributed by atoms with Gasteiger partial charge in [0.15, 0.2) is 5.78 Å². The molecule has 0 aliphatic carbocycles. The standard InChI is InChI=1S/C23H22N2O3/c1-28-19-8-6-17(7-9-19)22(26)18-11-14-25(15-12-18)23(27)21-20-5-3-2-4-16(20)10-13-24-21/h2-10,13,18H,11-12,14-15H2,1H3. The SMILES string of the molecule is COc1ccc(C(=O)C2CCN(C(=O)c3nccc4ccccc34)CC2)cc1. The fourth-order valence-corrected chi connectivity index (χ4v) is 3.78. The van der Waals surface area contributed by atoms with E-state index < -0.39 is 0 Å². The molecule has 28 heavy (non-hydrogen) atoms. The Morgan fingerprint density at radius 3 is 2.43 bits per heavy atom. The van der Waals surface area contributed by atoms with Gasteiger partial charge in [0.2, 0.25) is 0 Å². The van der Waals surface area contributed by atoms with Crippen LogP contribution in [-0.2, 0) is 0 Å². The monoisotopic (exact) mass is 374 g/mol. The molecule has 2 heterocycles. The van der Waals surface area contributed by atoms with E-state index in [4.69, 9.17) is 4.74 Å². The van der Waals surface area contributed by atoms with Gasteiger partial charge in [0.1, 0.15) is 11.4 Å². The number of pyridine rings is 1. The van der Waals surface area contributed by atoms with E-state index in [-0.39, 0.29) is 17.6 Å². The van der Waals surface area contributed by atoms with Crippen molar-refractivity contribution in [2.24, 2.45) is 5.92 Å². The first kappa shape index (κ1) is 18.2. The number of hydrogen-bond donors (Lipinski definition) is 0. The number of aromatic nitrogens is 1. The minimum absolute atomic E-state index is 0.0575. The Balaban J connectivity index is 1.44. The number of hydrogen-bond acceptors (Lipinski definition) is 4. The summed E-state index contributed by atoms with van der Waals surface area (Å²) in [6.45, 7) is 1.13. The highest BCUT2D eigenvalue weighted by Crippen LogP contribution is 2.25. The van der Waals surface area contributed by atoms with E-state index >= 15 is 0 Å². The number of nitrogens with zero attached hydrogens (tertiary/aromatic N) is 2. The molecular weight excluding hydrogens is 352 g/mol. The van der Waals surface area contributed by atoms with Gasteiger partial charge in [-0.25, -0.2) is 0 Å². The van der Waals surface area contributed by atoms with Gasteiger partial charge in [-0.15, -0.1) is 0 Å². The molecule has 4 rings (SSSR count). The first-order valence-corrected chi connectivity index (χ1v) is 9.48. The second kappa shape index (κ2) is 7.80. The largest absolute Gasteiger partial charge is 0.497 e. The smallest absolute Gasteiger partial charge is 0.273 e. The van der Waals surface area contributed by atoms with Crippen LogP contribution in [0.3, 0.4) is 0 Å². The van der Waals surface area contributed by atoms with Crippen LogP contribution in [0.5, 0.6) is 5.75 Å². The Bertz CT molecular complexity index is 1000. The maximum atomic E-state index is 13.0. The molecule has 1 aromatic heterocycles. The van der Waals surface area contributed by atoms with E-state index in [9.17, 15) is 9.59 Å². The number of carbonyl (C=O) groups excluding carboxylic acids is 2. The minimum atomic E-state index is -0.0628. The van der Waals surface area contributed by atoms with Crippen LogP contribution in [0.25, 0.3) is 10.8 Å². The molecule has 1 aliphatic heterocycles. The number of benzene rings is 2. The van der Waals surface area contributed by atoms with Crippen LogP contribution in [-0.4, -0.2) is 41.8 Å². The summed E-state index contributed by atoms with van der Waals surface area (Å²) in [6, 6.07) is 16.9. The van der Waals surface area contributed by atoms with Crippen LogP contribution < -0.4 is 4.74 Å². The predicted octanol–water partition coefficient (Wildman–Crippen LogP) is 3.98. The second-order valence-electron chi connectivity index (χ2n) is 7.04. The highest BCUT2D eigenvalue weighted by molar-refractivity contribution is 6.05. The van der Waals surface area contributed by atoms with Crippen molar-refractivity contribution in [2.45, 2.75) is 12.8 Å². The molecule has 1 amide bonds. The molecule has 5 heteroatoms. The Morgan fingerprint density at radius 1 is 1.00 bits per heavy atom. The number of likely N-dealkylation sites (tertiary alicyclic amines) is 1. The van der Waals surface area contributed by atoms with Crippen molar-refractivity contribution in [1.82, 2.24) is 9.88 Å². The van der Waals surface area contributed by atoms with E-state index in [1.54, 1.807) is 37.6 Å². The van der Waals surface area contributed by atoms with E-state index in [0.717, 1.165) is 16.5 Å². The highest BCUT2D eigenvalue weighted by atomic mass is 16.5. The lowest BCUT2D eigenvalue weighted by molar-refractivity contribution is 0.0647. The lowest BCUT2D eigenvalue weighted by atomic mass is 9.88. The molecule has 1 saturated heterocycles. The normalized spacial score (nSPS) is 14.8. The van der Waals surface area contributed by atoms with Gasteiger partial charge < -0.3 is 9.64 Å². The molecule has 0 bridgehead atoms. The van der Waals surface area contributed by atoms with Crippen molar-refractivity contribution < 1.29 is 14.3 Å². The number of ether oxygens (including phenoxy) is 1. The van der Waals surface area contributed by atoms with Gasteiger partial charge in [0.05, 0.1) is 7.11 Å². The zero-order valence-corrected chi connectivity index (χ0v) is 15.8. The molecule has 0 atom stereocenters. The van der Waals surface area contributed by atoms with E-state index in [1.807, 2.05) is 35.2 Å². The van der Waals surface area contributed by atoms with Crippen LogP contribution in [0.1, 0.15) is 33.7 Å². The molecule has 2 aromatic carbocycles. The van der Waals surface area contributed by atoms with Crippen molar-refractivity contribution in [1.29, 1.82) is 0 Å². The van der Waals surface area contributed by atoms with Crippen molar-refractivity contribution in [3.05, 3.63) is 72.1 Å². The number of Topliss-reactive ketones (excluding diaryl/α,β-unsaturated/α-hetero) is 1. The molecule has 0 saturated carbocycles. The summed E-state index contributed by atoms with van der Waals surface area (Å²) in [4.78, 5) is 31.9. The fourth-order valence-electron chi connectivity index (χ4n) is 3.78. The van der Waals surface area contributed by atoms with Gasteiger partial charge in [0.25, 0.3) is 5.91 Å². The molecule has 0 spiro atoms. The van der Waals surface area contributed by atoms with Crippen LogP contribution in [0.4, 0.5) is 0 Å². The molecule has 142 valence electrons. The maximum absolute atomic E-state index is 13.0. The van der Waals surface area contributed by atoms with Crippen molar-refractivity contribution in [2.75, 3.05) is 20.2 Å². The molecule has 3 aromatic rings. The van der Waals surface area contributed by atoms with Gasteiger partial charge in [-0.1, -0.05) is 24.3 Å². The van der Waals surface area contributed by atoms with Crippen molar-refractivity contribution >= 4 is 22.5 Å². The van der Waals surface area contributed by atoms with Gasteiger partial charge >= 0.3 is 0 Å². The van der Waals surface area contributed by atoms with Gasteiger partial charge in [-0.3, -0.25) is 14.6 Å². The average molecular weight is 374 g/mol. The quantitative estimate of drug-likeness (QED) is 0.648. The molecular formula is C23H22N2O3.